The lowest BCUT2D eigenvalue weighted by atomic mass is 9.79. The molecule has 0 N–H and O–H groups in total. The lowest BCUT2D eigenvalue weighted by Gasteiger charge is -2.26. The van der Waals surface area contributed by atoms with E-state index in [4.69, 9.17) is 0 Å². The van der Waals surface area contributed by atoms with Crippen LogP contribution >= 0.6 is 0 Å². The van der Waals surface area contributed by atoms with Crippen molar-refractivity contribution >= 4 is 5.57 Å². The first-order chi connectivity index (χ1) is 8.90. The van der Waals surface area contributed by atoms with Crippen molar-refractivity contribution in [1.29, 1.82) is 0 Å². The minimum Gasteiger partial charge on any atom is -0.166 e. The number of allylic oxidation sites excluding steroid dienone is 2. The Bertz CT molecular complexity index is 462. The molecule has 0 heterocycles. The molecule has 19 heavy (non-hydrogen) atoms. The lowest BCUT2D eigenvalue weighted by molar-refractivity contribution is -0.137. The van der Waals surface area contributed by atoms with Gasteiger partial charge in [-0.15, -0.1) is 0 Å². The van der Waals surface area contributed by atoms with Gasteiger partial charge in [0.25, 0.3) is 0 Å². The summed E-state index contributed by atoms with van der Waals surface area (Å²) in [5.41, 5.74) is 1.86. The molecule has 0 bridgehead atoms. The third-order valence-electron chi connectivity index (χ3n) is 4.43. The number of alkyl halides is 3. The van der Waals surface area contributed by atoms with E-state index in [0.29, 0.717) is 5.41 Å². The molecular weight excluding hydrogens is 249 g/mol. The molecule has 1 aromatic carbocycles. The van der Waals surface area contributed by atoms with Gasteiger partial charge in [0.05, 0.1) is 5.56 Å². The summed E-state index contributed by atoms with van der Waals surface area (Å²) in [7, 11) is 0. The molecule has 1 aliphatic carbocycles. The molecule has 0 spiro atoms. The SMILES string of the molecule is CCC1(CC)CC=C(c2ccc(C(F)(F)F)cc2)C1. The summed E-state index contributed by atoms with van der Waals surface area (Å²) in [5, 5.41) is 0. The fourth-order valence-corrected chi connectivity index (χ4v) is 2.77. The van der Waals surface area contributed by atoms with Crippen LogP contribution in [0.15, 0.2) is 30.3 Å². The standard InChI is InChI=1S/C16H19F3/c1-3-15(4-2)10-9-13(11-15)12-5-7-14(8-6-12)16(17,18)19/h5-9H,3-4,10-11H2,1-2H3. The van der Waals surface area contributed by atoms with Crippen LogP contribution in [0.25, 0.3) is 5.57 Å². The number of hydrogen-bond donors (Lipinski definition) is 0. The Balaban J connectivity index is 2.17. The second-order valence-corrected chi connectivity index (χ2v) is 5.39. The molecule has 0 saturated heterocycles. The van der Waals surface area contributed by atoms with Crippen LogP contribution in [0, 0.1) is 5.41 Å². The molecule has 0 fully saturated rings. The van der Waals surface area contributed by atoms with Crippen LogP contribution in [0.1, 0.15) is 50.7 Å². The van der Waals surface area contributed by atoms with Crippen LogP contribution in [-0.4, -0.2) is 0 Å². The quantitative estimate of drug-likeness (QED) is 0.660. The number of halogens is 3. The second-order valence-electron chi connectivity index (χ2n) is 5.39. The third-order valence-corrected chi connectivity index (χ3v) is 4.43. The van der Waals surface area contributed by atoms with Crippen LogP contribution in [0.3, 0.4) is 0 Å². The molecule has 1 aromatic rings. The number of benzene rings is 1. The predicted octanol–water partition coefficient (Wildman–Crippen LogP) is 5.69. The molecule has 3 heteroatoms. The van der Waals surface area contributed by atoms with Gasteiger partial charge in [0, 0.05) is 0 Å². The van der Waals surface area contributed by atoms with Gasteiger partial charge in [0.2, 0.25) is 0 Å². The van der Waals surface area contributed by atoms with Crippen molar-refractivity contribution in [2.75, 3.05) is 0 Å². The van der Waals surface area contributed by atoms with E-state index in [1.54, 1.807) is 12.1 Å². The van der Waals surface area contributed by atoms with E-state index in [0.717, 1.165) is 31.2 Å². The smallest absolute Gasteiger partial charge is 0.166 e. The highest BCUT2D eigenvalue weighted by atomic mass is 19.4. The van der Waals surface area contributed by atoms with Crippen molar-refractivity contribution in [3.05, 3.63) is 41.5 Å². The van der Waals surface area contributed by atoms with Crippen LogP contribution in [0.2, 0.25) is 0 Å². The lowest BCUT2D eigenvalue weighted by Crippen LogP contribution is -2.14. The van der Waals surface area contributed by atoms with Crippen molar-refractivity contribution in [2.45, 2.75) is 45.7 Å². The molecule has 0 nitrogen and oxygen atoms in total. The van der Waals surface area contributed by atoms with Crippen molar-refractivity contribution in [2.24, 2.45) is 5.41 Å². The molecule has 2 rings (SSSR count). The maximum absolute atomic E-state index is 12.5. The molecular formula is C16H19F3. The van der Waals surface area contributed by atoms with Crippen LogP contribution in [0.5, 0.6) is 0 Å². The van der Waals surface area contributed by atoms with E-state index < -0.39 is 11.7 Å². The average Bonchev–Trinajstić information content (AvgIpc) is 2.83. The largest absolute Gasteiger partial charge is 0.416 e. The minimum atomic E-state index is -4.25. The maximum atomic E-state index is 12.5. The summed E-state index contributed by atoms with van der Waals surface area (Å²) < 4.78 is 37.5. The highest BCUT2D eigenvalue weighted by Crippen LogP contribution is 2.46. The summed E-state index contributed by atoms with van der Waals surface area (Å²) in [4.78, 5) is 0. The predicted molar refractivity (Wildman–Crippen MR) is 71.7 cm³/mol. The topological polar surface area (TPSA) is 0 Å². The van der Waals surface area contributed by atoms with Crippen LogP contribution in [-0.2, 0) is 6.18 Å². The van der Waals surface area contributed by atoms with E-state index >= 15 is 0 Å². The summed E-state index contributed by atoms with van der Waals surface area (Å²) in [6.45, 7) is 4.38. The molecule has 0 saturated carbocycles. The Hall–Kier alpha value is -1.25. The molecule has 0 aliphatic heterocycles. The van der Waals surface area contributed by atoms with Gasteiger partial charge in [-0.3, -0.25) is 0 Å². The number of hydrogen-bond acceptors (Lipinski definition) is 0. The fourth-order valence-electron chi connectivity index (χ4n) is 2.77. The van der Waals surface area contributed by atoms with E-state index in [-0.39, 0.29) is 0 Å². The maximum Gasteiger partial charge on any atom is 0.416 e. The summed E-state index contributed by atoms with van der Waals surface area (Å²) >= 11 is 0. The van der Waals surface area contributed by atoms with Crippen molar-refractivity contribution < 1.29 is 13.2 Å². The average molecular weight is 268 g/mol. The highest BCUT2D eigenvalue weighted by molar-refractivity contribution is 5.68. The zero-order valence-electron chi connectivity index (χ0n) is 11.3. The van der Waals surface area contributed by atoms with Gasteiger partial charge in [-0.2, -0.15) is 13.2 Å². The van der Waals surface area contributed by atoms with Crippen molar-refractivity contribution in [1.82, 2.24) is 0 Å². The molecule has 104 valence electrons. The zero-order chi connectivity index (χ0) is 14.1. The minimum absolute atomic E-state index is 0.317. The molecule has 0 atom stereocenters. The molecule has 1 aliphatic rings. The van der Waals surface area contributed by atoms with Crippen LogP contribution < -0.4 is 0 Å². The van der Waals surface area contributed by atoms with E-state index in [2.05, 4.69) is 19.9 Å². The Kier molecular flexibility index (Phi) is 3.75. The Morgan fingerprint density at radius 2 is 1.63 bits per heavy atom. The fraction of sp³-hybridized carbons (Fsp3) is 0.500. The first-order valence-corrected chi connectivity index (χ1v) is 6.77. The van der Waals surface area contributed by atoms with Gasteiger partial charge in [-0.25, -0.2) is 0 Å². The van der Waals surface area contributed by atoms with Gasteiger partial charge < -0.3 is 0 Å². The summed E-state index contributed by atoms with van der Waals surface area (Å²) in [6.07, 6.45) is 2.19. The van der Waals surface area contributed by atoms with Crippen molar-refractivity contribution in [3.63, 3.8) is 0 Å². The van der Waals surface area contributed by atoms with E-state index in [1.165, 1.54) is 17.7 Å². The molecule has 0 radical (unpaired) electrons. The van der Waals surface area contributed by atoms with Gasteiger partial charge in [-0.05, 0) is 54.4 Å². The Labute approximate surface area is 112 Å². The monoisotopic (exact) mass is 268 g/mol. The third kappa shape index (κ3) is 2.85. The van der Waals surface area contributed by atoms with Gasteiger partial charge in [-0.1, -0.05) is 32.1 Å². The van der Waals surface area contributed by atoms with Gasteiger partial charge in [0.15, 0.2) is 0 Å². The Morgan fingerprint density at radius 3 is 2.05 bits per heavy atom. The zero-order valence-corrected chi connectivity index (χ0v) is 11.3. The van der Waals surface area contributed by atoms with E-state index in [9.17, 15) is 13.2 Å². The first kappa shape index (κ1) is 14.2. The Morgan fingerprint density at radius 1 is 1.05 bits per heavy atom. The molecule has 0 aromatic heterocycles. The molecule has 0 amide bonds. The molecule has 0 unspecified atom stereocenters. The van der Waals surface area contributed by atoms with Crippen LogP contribution in [0.4, 0.5) is 13.2 Å². The van der Waals surface area contributed by atoms with Crippen molar-refractivity contribution in [3.8, 4) is 0 Å². The normalized spacial score (nSPS) is 18.5. The van der Waals surface area contributed by atoms with Gasteiger partial charge >= 0.3 is 6.18 Å². The first-order valence-electron chi connectivity index (χ1n) is 6.77. The summed E-state index contributed by atoms with van der Waals surface area (Å²) in [5.74, 6) is 0. The number of rotatable bonds is 3. The van der Waals surface area contributed by atoms with Gasteiger partial charge in [0.1, 0.15) is 0 Å². The highest BCUT2D eigenvalue weighted by Gasteiger charge is 2.32. The summed E-state index contributed by atoms with van der Waals surface area (Å²) in [6, 6.07) is 5.54. The second kappa shape index (κ2) is 5.03. The van der Waals surface area contributed by atoms with E-state index in [1.807, 2.05) is 0 Å².